The number of imidazole rings is 1. The van der Waals surface area contributed by atoms with Gasteiger partial charge in [0.05, 0.1) is 23.9 Å². The molecule has 0 atom stereocenters. The van der Waals surface area contributed by atoms with Gasteiger partial charge in [0.1, 0.15) is 5.82 Å². The highest BCUT2D eigenvalue weighted by Gasteiger charge is 2.16. The Bertz CT molecular complexity index is 1020. The van der Waals surface area contributed by atoms with Gasteiger partial charge < -0.3 is 18.9 Å². The van der Waals surface area contributed by atoms with Crippen molar-refractivity contribution in [3.8, 4) is 22.9 Å². The standard InChI is InChI=1S/C20H16N2O4/c1-2-24-18-12-13(19-21-14-6-3-4-7-15(14)22-19)9-10-16(18)26-20(23)17-8-5-11-25-17/h3-12H,2H2,1H3,(H,21,22). The van der Waals surface area contributed by atoms with E-state index in [-0.39, 0.29) is 5.76 Å². The zero-order chi connectivity index (χ0) is 17.9. The molecule has 4 rings (SSSR count). The third-order valence-electron chi connectivity index (χ3n) is 3.83. The van der Waals surface area contributed by atoms with Crippen molar-refractivity contribution >= 4 is 17.0 Å². The minimum atomic E-state index is -0.576. The number of ether oxygens (including phenoxy) is 2. The summed E-state index contributed by atoms with van der Waals surface area (Å²) in [6, 6.07) is 16.3. The van der Waals surface area contributed by atoms with Crippen LogP contribution in [-0.2, 0) is 0 Å². The number of aromatic nitrogens is 2. The van der Waals surface area contributed by atoms with Crippen LogP contribution in [0.3, 0.4) is 0 Å². The maximum absolute atomic E-state index is 12.1. The Morgan fingerprint density at radius 3 is 2.77 bits per heavy atom. The minimum absolute atomic E-state index is 0.133. The van der Waals surface area contributed by atoms with Gasteiger partial charge in [0.25, 0.3) is 0 Å². The number of esters is 1. The lowest BCUT2D eigenvalue weighted by Gasteiger charge is -2.11. The lowest BCUT2D eigenvalue weighted by molar-refractivity contribution is 0.0695. The highest BCUT2D eigenvalue weighted by atomic mass is 16.6. The number of rotatable bonds is 5. The van der Waals surface area contributed by atoms with Gasteiger partial charge in [-0.15, -0.1) is 0 Å². The number of nitrogens with zero attached hydrogens (tertiary/aromatic N) is 1. The fourth-order valence-electron chi connectivity index (χ4n) is 2.64. The van der Waals surface area contributed by atoms with Crippen LogP contribution in [0.5, 0.6) is 11.5 Å². The van der Waals surface area contributed by atoms with Crippen LogP contribution in [0.4, 0.5) is 0 Å². The molecule has 2 heterocycles. The summed E-state index contributed by atoms with van der Waals surface area (Å²) in [4.78, 5) is 20.0. The van der Waals surface area contributed by atoms with Crippen molar-refractivity contribution in [3.05, 3.63) is 66.6 Å². The predicted octanol–water partition coefficient (Wildman–Crippen LogP) is 4.44. The normalized spacial score (nSPS) is 10.8. The fourth-order valence-corrected chi connectivity index (χ4v) is 2.64. The van der Waals surface area contributed by atoms with E-state index in [2.05, 4.69) is 9.97 Å². The van der Waals surface area contributed by atoms with Crippen molar-refractivity contribution in [2.75, 3.05) is 6.61 Å². The van der Waals surface area contributed by atoms with Crippen molar-refractivity contribution in [2.45, 2.75) is 6.92 Å². The molecular formula is C20H16N2O4. The predicted molar refractivity (Wildman–Crippen MR) is 96.4 cm³/mol. The number of furan rings is 1. The molecule has 0 saturated heterocycles. The highest BCUT2D eigenvalue weighted by molar-refractivity contribution is 5.88. The second kappa shape index (κ2) is 6.76. The Morgan fingerprint density at radius 2 is 2.00 bits per heavy atom. The number of hydrogen-bond donors (Lipinski definition) is 1. The minimum Gasteiger partial charge on any atom is -0.490 e. The van der Waals surface area contributed by atoms with Crippen LogP contribution in [0.15, 0.2) is 65.3 Å². The van der Waals surface area contributed by atoms with E-state index in [9.17, 15) is 4.79 Å². The largest absolute Gasteiger partial charge is 0.490 e. The number of carbonyl (C=O) groups is 1. The van der Waals surface area contributed by atoms with E-state index < -0.39 is 5.97 Å². The smallest absolute Gasteiger partial charge is 0.379 e. The SMILES string of the molecule is CCOc1cc(-c2nc3ccccc3[nH]2)ccc1OC(=O)c1ccco1. The fraction of sp³-hybridized carbons (Fsp3) is 0.100. The van der Waals surface area contributed by atoms with Gasteiger partial charge in [0, 0.05) is 5.56 Å². The Morgan fingerprint density at radius 1 is 1.12 bits per heavy atom. The first-order chi connectivity index (χ1) is 12.7. The van der Waals surface area contributed by atoms with E-state index in [1.807, 2.05) is 37.3 Å². The highest BCUT2D eigenvalue weighted by Crippen LogP contribution is 2.33. The molecule has 2 aromatic carbocycles. The number of benzene rings is 2. The molecule has 2 aromatic heterocycles. The summed E-state index contributed by atoms with van der Waals surface area (Å²) in [7, 11) is 0. The molecule has 130 valence electrons. The molecule has 26 heavy (non-hydrogen) atoms. The van der Waals surface area contributed by atoms with Crippen LogP contribution in [0.2, 0.25) is 0 Å². The topological polar surface area (TPSA) is 77.4 Å². The van der Waals surface area contributed by atoms with E-state index in [1.54, 1.807) is 24.3 Å². The molecule has 0 fully saturated rings. The molecule has 0 aliphatic rings. The van der Waals surface area contributed by atoms with Crippen LogP contribution < -0.4 is 9.47 Å². The summed E-state index contributed by atoms with van der Waals surface area (Å²) in [6.07, 6.45) is 1.42. The van der Waals surface area contributed by atoms with E-state index in [4.69, 9.17) is 13.9 Å². The van der Waals surface area contributed by atoms with Gasteiger partial charge in [-0.3, -0.25) is 0 Å². The number of para-hydroxylation sites is 2. The van der Waals surface area contributed by atoms with E-state index in [1.165, 1.54) is 6.26 Å². The third-order valence-corrected chi connectivity index (χ3v) is 3.83. The summed E-state index contributed by atoms with van der Waals surface area (Å²) in [6.45, 7) is 2.31. The van der Waals surface area contributed by atoms with Crippen molar-refractivity contribution in [1.82, 2.24) is 9.97 Å². The first-order valence-electron chi connectivity index (χ1n) is 8.22. The Balaban J connectivity index is 1.67. The van der Waals surface area contributed by atoms with Crippen LogP contribution in [0.25, 0.3) is 22.4 Å². The molecular weight excluding hydrogens is 332 g/mol. The Hall–Kier alpha value is -3.54. The van der Waals surface area contributed by atoms with E-state index >= 15 is 0 Å². The van der Waals surface area contributed by atoms with Gasteiger partial charge in [-0.2, -0.15) is 0 Å². The number of hydrogen-bond acceptors (Lipinski definition) is 5. The molecule has 0 spiro atoms. The first kappa shape index (κ1) is 16.0. The van der Waals surface area contributed by atoms with Gasteiger partial charge in [-0.25, -0.2) is 9.78 Å². The van der Waals surface area contributed by atoms with Crippen LogP contribution in [0, 0.1) is 0 Å². The van der Waals surface area contributed by atoms with Crippen LogP contribution in [0.1, 0.15) is 17.5 Å². The second-order valence-electron chi connectivity index (χ2n) is 5.56. The van der Waals surface area contributed by atoms with Crippen molar-refractivity contribution in [3.63, 3.8) is 0 Å². The quantitative estimate of drug-likeness (QED) is 0.426. The summed E-state index contributed by atoms with van der Waals surface area (Å²) in [5.41, 5.74) is 2.67. The zero-order valence-corrected chi connectivity index (χ0v) is 14.1. The van der Waals surface area contributed by atoms with Gasteiger partial charge in [0.2, 0.25) is 5.76 Å². The molecule has 0 amide bonds. The molecule has 6 heteroatoms. The molecule has 0 aliphatic carbocycles. The average molecular weight is 348 g/mol. The van der Waals surface area contributed by atoms with E-state index in [0.717, 1.165) is 22.4 Å². The van der Waals surface area contributed by atoms with Gasteiger partial charge in [-0.1, -0.05) is 12.1 Å². The number of fused-ring (bicyclic) bond motifs is 1. The number of aromatic amines is 1. The maximum atomic E-state index is 12.1. The first-order valence-corrected chi connectivity index (χ1v) is 8.22. The Labute approximate surface area is 149 Å². The number of H-pyrrole nitrogens is 1. The average Bonchev–Trinajstić information content (AvgIpc) is 3.33. The summed E-state index contributed by atoms with van der Waals surface area (Å²) < 4.78 is 16.1. The molecule has 4 aromatic rings. The van der Waals surface area contributed by atoms with Crippen molar-refractivity contribution in [2.24, 2.45) is 0 Å². The third kappa shape index (κ3) is 3.04. The van der Waals surface area contributed by atoms with Gasteiger partial charge in [-0.05, 0) is 49.4 Å². The lowest BCUT2D eigenvalue weighted by atomic mass is 10.2. The van der Waals surface area contributed by atoms with Crippen molar-refractivity contribution < 1.29 is 18.7 Å². The Kier molecular flexibility index (Phi) is 4.15. The van der Waals surface area contributed by atoms with Gasteiger partial charge >= 0.3 is 5.97 Å². The number of carbonyl (C=O) groups excluding carboxylic acids is 1. The molecule has 0 saturated carbocycles. The summed E-state index contributed by atoms with van der Waals surface area (Å²) >= 11 is 0. The monoisotopic (exact) mass is 348 g/mol. The summed E-state index contributed by atoms with van der Waals surface area (Å²) in [5, 5.41) is 0. The number of nitrogens with one attached hydrogen (secondary N) is 1. The molecule has 1 N–H and O–H groups in total. The lowest BCUT2D eigenvalue weighted by Crippen LogP contribution is -2.08. The molecule has 6 nitrogen and oxygen atoms in total. The molecule has 0 radical (unpaired) electrons. The van der Waals surface area contributed by atoms with Crippen molar-refractivity contribution in [1.29, 1.82) is 0 Å². The zero-order valence-electron chi connectivity index (χ0n) is 14.1. The maximum Gasteiger partial charge on any atom is 0.379 e. The van der Waals surface area contributed by atoms with Crippen LogP contribution in [-0.4, -0.2) is 22.5 Å². The van der Waals surface area contributed by atoms with Crippen LogP contribution >= 0.6 is 0 Å². The van der Waals surface area contributed by atoms with E-state index in [0.29, 0.717) is 18.1 Å². The summed E-state index contributed by atoms with van der Waals surface area (Å²) in [5.74, 6) is 1.07. The molecule has 0 bridgehead atoms. The molecule has 0 aliphatic heterocycles. The second-order valence-corrected chi connectivity index (χ2v) is 5.56. The van der Waals surface area contributed by atoms with Gasteiger partial charge in [0.15, 0.2) is 11.5 Å². The molecule has 0 unspecified atom stereocenters.